The van der Waals surface area contributed by atoms with Gasteiger partial charge in [0.2, 0.25) is 0 Å². The van der Waals surface area contributed by atoms with Gasteiger partial charge in [0.1, 0.15) is 17.9 Å². The van der Waals surface area contributed by atoms with Crippen molar-refractivity contribution in [2.75, 3.05) is 0 Å². The fraction of sp³-hybridized carbons (Fsp3) is 0.579. The van der Waals surface area contributed by atoms with Crippen LogP contribution in [0.15, 0.2) is 77.6 Å². The molecule has 0 amide bonds. The van der Waals surface area contributed by atoms with Gasteiger partial charge in [-0.15, -0.1) is 5.10 Å². The Morgan fingerprint density at radius 2 is 1.76 bits per heavy atom. The highest BCUT2D eigenvalue weighted by Gasteiger charge is 2.25. The SMILES string of the molecule is CC(=C\C=C\C(C)=C\[C@H](O)[C@@H](O)C[C@H](C)O)/C=C(C)/C=C/C(=O)O[C@H]1CCCC(=O)O[C@@H]([C@@H](C)Cn2cc([C@H](C)O)nn2)C/C=C/C[C@@H]1C. The standard InChI is InChI=1S/C38H57N3O8/c1-25(12-10-13-26(2)21-33(44)34(45)22-30(6)42)20-27(3)18-19-38(47)48-35-16-11-17-37(46)49-36(15-9-8-14-28(35)4)29(5)23-41-24-32(31(7)43)39-40-41/h8-10,12-13,18-21,24,28-31,33-36,42-45H,11,14-17,22-23H2,1-7H3/b9-8+,13-10+,19-18+,25-12+,26-21+,27-20+/t28-,29-,30-,31-,33-,34-,35-,36+/m0/s1. The van der Waals surface area contributed by atoms with Crippen molar-refractivity contribution in [1.29, 1.82) is 0 Å². The summed E-state index contributed by atoms with van der Waals surface area (Å²) in [5, 5.41) is 47.2. The second-order valence-corrected chi connectivity index (χ2v) is 13.4. The topological polar surface area (TPSA) is 164 Å². The molecule has 2 rings (SSSR count). The second kappa shape index (κ2) is 21.4. The van der Waals surface area contributed by atoms with Crippen LogP contribution in [0.2, 0.25) is 0 Å². The van der Waals surface area contributed by atoms with Crippen LogP contribution in [0.4, 0.5) is 0 Å². The third-order valence-electron chi connectivity index (χ3n) is 8.26. The third-order valence-corrected chi connectivity index (χ3v) is 8.26. The first-order valence-corrected chi connectivity index (χ1v) is 17.2. The molecule has 1 aliphatic heterocycles. The highest BCUT2D eigenvalue weighted by atomic mass is 16.5. The van der Waals surface area contributed by atoms with E-state index in [1.807, 2.05) is 65.0 Å². The molecule has 1 aromatic heterocycles. The van der Waals surface area contributed by atoms with Gasteiger partial charge in [-0.05, 0) is 59.8 Å². The van der Waals surface area contributed by atoms with Gasteiger partial charge in [0.25, 0.3) is 0 Å². The summed E-state index contributed by atoms with van der Waals surface area (Å²) in [4.78, 5) is 25.5. The molecule has 0 radical (unpaired) electrons. The molecular formula is C38H57N3O8. The zero-order valence-electron chi connectivity index (χ0n) is 30.1. The van der Waals surface area contributed by atoms with Crippen LogP contribution >= 0.6 is 0 Å². The average Bonchev–Trinajstić information content (AvgIpc) is 3.48. The largest absolute Gasteiger partial charge is 0.462 e. The molecule has 0 aromatic carbocycles. The fourth-order valence-electron chi connectivity index (χ4n) is 5.35. The first-order valence-electron chi connectivity index (χ1n) is 17.2. The molecule has 4 N–H and O–H groups in total. The predicted molar refractivity (Wildman–Crippen MR) is 189 cm³/mol. The molecule has 1 aromatic rings. The Hall–Kier alpha value is -3.64. The summed E-state index contributed by atoms with van der Waals surface area (Å²) in [7, 11) is 0. The smallest absolute Gasteiger partial charge is 0.331 e. The Balaban J connectivity index is 1.94. The Kier molecular flexibility index (Phi) is 18.2. The van der Waals surface area contributed by atoms with Crippen LogP contribution in [0.25, 0.3) is 0 Å². The number of cyclic esters (lactones) is 1. The van der Waals surface area contributed by atoms with Crippen LogP contribution < -0.4 is 0 Å². The molecule has 0 spiro atoms. The molecule has 0 saturated carbocycles. The van der Waals surface area contributed by atoms with Crippen LogP contribution in [-0.2, 0) is 25.6 Å². The Morgan fingerprint density at radius 1 is 1.04 bits per heavy atom. The quantitative estimate of drug-likeness (QED) is 0.0865. The van der Waals surface area contributed by atoms with Crippen molar-refractivity contribution in [1.82, 2.24) is 15.0 Å². The minimum atomic E-state index is -1.07. The van der Waals surface area contributed by atoms with Crippen LogP contribution in [-0.4, -0.2) is 77.9 Å². The van der Waals surface area contributed by atoms with Crippen LogP contribution in [0, 0.1) is 11.8 Å². The number of esters is 2. The number of aliphatic hydroxyl groups excluding tert-OH is 4. The predicted octanol–water partition coefficient (Wildman–Crippen LogP) is 5.39. The summed E-state index contributed by atoms with van der Waals surface area (Å²) < 4.78 is 13.4. The second-order valence-electron chi connectivity index (χ2n) is 13.4. The van der Waals surface area contributed by atoms with E-state index < -0.39 is 30.4 Å². The van der Waals surface area contributed by atoms with Crippen molar-refractivity contribution in [3.05, 3.63) is 83.3 Å². The summed E-state index contributed by atoms with van der Waals surface area (Å²) in [6, 6.07) is 0. The number of carbonyl (C=O) groups excluding carboxylic acids is 2. The fourth-order valence-corrected chi connectivity index (χ4v) is 5.35. The number of aromatic nitrogens is 3. The van der Waals surface area contributed by atoms with E-state index in [1.165, 1.54) is 6.08 Å². The molecule has 0 saturated heterocycles. The zero-order valence-corrected chi connectivity index (χ0v) is 30.1. The summed E-state index contributed by atoms with van der Waals surface area (Å²) in [6.45, 7) is 13.4. The van der Waals surface area contributed by atoms with Gasteiger partial charge in [-0.2, -0.15) is 0 Å². The van der Waals surface area contributed by atoms with E-state index in [4.69, 9.17) is 9.47 Å². The summed E-state index contributed by atoms with van der Waals surface area (Å²) >= 11 is 0. The summed E-state index contributed by atoms with van der Waals surface area (Å²) in [5.74, 6) is -0.702. The monoisotopic (exact) mass is 683 g/mol. The first-order chi connectivity index (χ1) is 23.1. The van der Waals surface area contributed by atoms with Gasteiger partial charge in [-0.1, -0.05) is 84.4 Å². The molecule has 0 unspecified atom stereocenters. The molecule has 0 bridgehead atoms. The Bertz CT molecular complexity index is 1370. The van der Waals surface area contributed by atoms with E-state index in [0.29, 0.717) is 37.9 Å². The Labute approximate surface area is 291 Å². The van der Waals surface area contributed by atoms with Crippen molar-refractivity contribution in [3.63, 3.8) is 0 Å². The van der Waals surface area contributed by atoms with Gasteiger partial charge in [0.05, 0.1) is 30.6 Å². The number of allylic oxidation sites excluding steroid dienone is 9. The average molecular weight is 684 g/mol. The van der Waals surface area contributed by atoms with E-state index in [-0.39, 0.29) is 42.9 Å². The maximum atomic E-state index is 12.8. The number of rotatable bonds is 14. The van der Waals surface area contributed by atoms with Gasteiger partial charge in [0, 0.05) is 37.8 Å². The lowest BCUT2D eigenvalue weighted by Crippen LogP contribution is -2.29. The van der Waals surface area contributed by atoms with Gasteiger partial charge in [-0.25, -0.2) is 4.79 Å². The maximum absolute atomic E-state index is 12.8. The lowest BCUT2D eigenvalue weighted by atomic mass is 9.94. The molecule has 11 nitrogen and oxygen atoms in total. The molecule has 11 heteroatoms. The van der Waals surface area contributed by atoms with E-state index in [2.05, 4.69) is 16.4 Å². The van der Waals surface area contributed by atoms with Gasteiger partial charge < -0.3 is 29.9 Å². The van der Waals surface area contributed by atoms with Gasteiger partial charge in [-0.3, -0.25) is 9.48 Å². The molecule has 1 aliphatic rings. The van der Waals surface area contributed by atoms with Crippen molar-refractivity contribution >= 4 is 11.9 Å². The summed E-state index contributed by atoms with van der Waals surface area (Å²) in [6.07, 6.45) is 16.4. The number of aliphatic hydroxyl groups is 4. The summed E-state index contributed by atoms with van der Waals surface area (Å²) in [5.41, 5.74) is 3.07. The lowest BCUT2D eigenvalue weighted by Gasteiger charge is -2.26. The zero-order chi connectivity index (χ0) is 36.5. The number of ether oxygens (including phenoxy) is 2. The van der Waals surface area contributed by atoms with E-state index in [1.54, 1.807) is 36.9 Å². The van der Waals surface area contributed by atoms with Crippen molar-refractivity contribution in [2.24, 2.45) is 11.8 Å². The van der Waals surface area contributed by atoms with Crippen molar-refractivity contribution in [2.45, 2.75) is 130 Å². The van der Waals surface area contributed by atoms with E-state index in [0.717, 1.165) is 16.7 Å². The van der Waals surface area contributed by atoms with Crippen LogP contribution in [0.3, 0.4) is 0 Å². The van der Waals surface area contributed by atoms with E-state index >= 15 is 0 Å². The van der Waals surface area contributed by atoms with Crippen LogP contribution in [0.1, 0.15) is 98.8 Å². The lowest BCUT2D eigenvalue weighted by molar-refractivity contribution is -0.152. The third kappa shape index (κ3) is 16.5. The highest BCUT2D eigenvalue weighted by Crippen LogP contribution is 2.23. The number of hydrogen-bond donors (Lipinski definition) is 4. The minimum Gasteiger partial charge on any atom is -0.462 e. The molecule has 2 heterocycles. The van der Waals surface area contributed by atoms with Crippen molar-refractivity contribution < 1.29 is 39.5 Å². The first kappa shape index (κ1) is 41.5. The highest BCUT2D eigenvalue weighted by molar-refractivity contribution is 5.82. The van der Waals surface area contributed by atoms with Crippen molar-refractivity contribution in [3.8, 4) is 0 Å². The minimum absolute atomic E-state index is 0.0270. The van der Waals surface area contributed by atoms with E-state index in [9.17, 15) is 30.0 Å². The number of nitrogens with zero attached hydrogens (tertiary/aromatic N) is 3. The normalized spacial score (nSPS) is 24.4. The maximum Gasteiger partial charge on any atom is 0.331 e. The van der Waals surface area contributed by atoms with Crippen LogP contribution in [0.5, 0.6) is 0 Å². The molecule has 272 valence electrons. The molecule has 8 atom stereocenters. The molecular weight excluding hydrogens is 626 g/mol. The molecule has 0 fully saturated rings. The van der Waals surface area contributed by atoms with Gasteiger partial charge in [0.15, 0.2) is 0 Å². The number of hydrogen-bond acceptors (Lipinski definition) is 10. The Morgan fingerprint density at radius 3 is 2.43 bits per heavy atom. The molecule has 0 aliphatic carbocycles. The number of carbonyl (C=O) groups is 2. The van der Waals surface area contributed by atoms with Gasteiger partial charge >= 0.3 is 11.9 Å². The molecule has 49 heavy (non-hydrogen) atoms.